The Bertz CT molecular complexity index is 382. The van der Waals surface area contributed by atoms with Gasteiger partial charge in [-0.2, -0.15) is 0 Å². The molecule has 1 aromatic heterocycles. The Hall–Kier alpha value is -1.13. The molecule has 17 heavy (non-hydrogen) atoms. The largest absolute Gasteiger partial charge is 0.392 e. The molecule has 0 radical (unpaired) electrons. The van der Waals surface area contributed by atoms with E-state index in [4.69, 9.17) is 9.84 Å². The highest BCUT2D eigenvalue weighted by Gasteiger charge is 2.22. The molecule has 1 saturated heterocycles. The second-order valence-electron chi connectivity index (χ2n) is 4.40. The van der Waals surface area contributed by atoms with Crippen molar-refractivity contribution in [2.24, 2.45) is 0 Å². The summed E-state index contributed by atoms with van der Waals surface area (Å²) in [6.45, 7) is 6.60. The van der Waals surface area contributed by atoms with E-state index in [2.05, 4.69) is 16.8 Å². The lowest BCUT2D eigenvalue weighted by molar-refractivity contribution is 0.0925. The van der Waals surface area contributed by atoms with Crippen LogP contribution in [0, 0.1) is 6.92 Å². The van der Waals surface area contributed by atoms with Gasteiger partial charge in [-0.1, -0.05) is 13.0 Å². The van der Waals surface area contributed by atoms with E-state index < -0.39 is 0 Å². The molecule has 1 unspecified atom stereocenters. The zero-order valence-corrected chi connectivity index (χ0v) is 10.5. The Morgan fingerprint density at radius 1 is 1.53 bits per heavy atom. The fourth-order valence-corrected chi connectivity index (χ4v) is 2.20. The molecule has 2 heterocycles. The molecule has 1 N–H and O–H groups in total. The van der Waals surface area contributed by atoms with Gasteiger partial charge in [0.1, 0.15) is 5.82 Å². The normalized spacial score (nSPS) is 20.6. The van der Waals surface area contributed by atoms with Crippen LogP contribution in [-0.4, -0.2) is 35.9 Å². The van der Waals surface area contributed by atoms with Gasteiger partial charge in [-0.25, -0.2) is 4.98 Å². The van der Waals surface area contributed by atoms with Crippen molar-refractivity contribution in [1.29, 1.82) is 0 Å². The Labute approximate surface area is 102 Å². The van der Waals surface area contributed by atoms with Crippen LogP contribution in [0.5, 0.6) is 0 Å². The van der Waals surface area contributed by atoms with Gasteiger partial charge >= 0.3 is 0 Å². The highest BCUT2D eigenvalue weighted by Crippen LogP contribution is 2.20. The van der Waals surface area contributed by atoms with Crippen LogP contribution in [-0.2, 0) is 11.3 Å². The fraction of sp³-hybridized carbons (Fsp3) is 0.615. The molecule has 0 amide bonds. The van der Waals surface area contributed by atoms with Crippen molar-refractivity contribution in [2.75, 3.05) is 24.7 Å². The van der Waals surface area contributed by atoms with Crippen LogP contribution in [0.4, 0.5) is 5.82 Å². The van der Waals surface area contributed by atoms with Crippen molar-refractivity contribution >= 4 is 5.82 Å². The van der Waals surface area contributed by atoms with Crippen LogP contribution in [0.25, 0.3) is 0 Å². The van der Waals surface area contributed by atoms with Crippen molar-refractivity contribution in [3.8, 4) is 0 Å². The molecule has 4 heteroatoms. The van der Waals surface area contributed by atoms with E-state index in [0.717, 1.165) is 43.3 Å². The summed E-state index contributed by atoms with van der Waals surface area (Å²) in [5.41, 5.74) is 1.81. The molecule has 1 aliphatic heterocycles. The smallest absolute Gasteiger partial charge is 0.129 e. The summed E-state index contributed by atoms with van der Waals surface area (Å²) in [6.07, 6.45) is 1.06. The number of anilines is 1. The minimum absolute atomic E-state index is 0.0550. The van der Waals surface area contributed by atoms with Crippen LogP contribution >= 0.6 is 0 Å². The predicted octanol–water partition coefficient (Wildman–Crippen LogP) is 1.50. The van der Waals surface area contributed by atoms with E-state index in [1.165, 1.54) is 0 Å². The van der Waals surface area contributed by atoms with Crippen molar-refractivity contribution in [3.63, 3.8) is 0 Å². The lowest BCUT2D eigenvalue weighted by Crippen LogP contribution is -2.45. The lowest BCUT2D eigenvalue weighted by Gasteiger charge is -2.36. The van der Waals surface area contributed by atoms with Gasteiger partial charge in [0.2, 0.25) is 0 Å². The topological polar surface area (TPSA) is 45.6 Å². The second kappa shape index (κ2) is 5.47. The molecule has 1 fully saturated rings. The summed E-state index contributed by atoms with van der Waals surface area (Å²) in [7, 11) is 0. The van der Waals surface area contributed by atoms with E-state index in [1.807, 2.05) is 19.1 Å². The van der Waals surface area contributed by atoms with Crippen LogP contribution in [0.15, 0.2) is 12.1 Å². The predicted molar refractivity (Wildman–Crippen MR) is 67.1 cm³/mol. The highest BCUT2D eigenvalue weighted by atomic mass is 16.5. The standard InChI is InChI=1S/C13H20N2O2/c1-3-12-9-17-7-6-15(12)13-5-4-11(8-16)10(2)14-13/h4-5,12,16H,3,6-9H2,1-2H3. The van der Waals surface area contributed by atoms with Gasteiger partial charge in [-0.05, 0) is 25.0 Å². The fourth-order valence-electron chi connectivity index (χ4n) is 2.20. The summed E-state index contributed by atoms with van der Waals surface area (Å²) in [6, 6.07) is 4.36. The lowest BCUT2D eigenvalue weighted by atomic mass is 10.1. The Kier molecular flexibility index (Phi) is 3.97. The molecule has 2 rings (SSSR count). The molecule has 0 saturated carbocycles. The summed E-state index contributed by atoms with van der Waals surface area (Å²) in [5, 5.41) is 9.14. The molecular weight excluding hydrogens is 216 g/mol. The number of pyridine rings is 1. The maximum Gasteiger partial charge on any atom is 0.129 e. The quantitative estimate of drug-likeness (QED) is 0.864. The molecule has 0 spiro atoms. The van der Waals surface area contributed by atoms with Crippen molar-refractivity contribution in [2.45, 2.75) is 32.9 Å². The Balaban J connectivity index is 2.23. The average molecular weight is 236 g/mol. The number of nitrogens with zero attached hydrogens (tertiary/aromatic N) is 2. The minimum Gasteiger partial charge on any atom is -0.392 e. The van der Waals surface area contributed by atoms with Crippen LogP contribution in [0.3, 0.4) is 0 Å². The summed E-state index contributed by atoms with van der Waals surface area (Å²) in [5.74, 6) is 0.995. The number of aliphatic hydroxyl groups is 1. The van der Waals surface area contributed by atoms with Crippen molar-refractivity contribution < 1.29 is 9.84 Å². The van der Waals surface area contributed by atoms with Gasteiger partial charge in [-0.15, -0.1) is 0 Å². The monoisotopic (exact) mass is 236 g/mol. The molecule has 0 aliphatic carbocycles. The zero-order chi connectivity index (χ0) is 12.3. The van der Waals surface area contributed by atoms with Crippen LogP contribution in [0.2, 0.25) is 0 Å². The first-order valence-corrected chi connectivity index (χ1v) is 6.18. The van der Waals surface area contributed by atoms with E-state index in [9.17, 15) is 0 Å². The van der Waals surface area contributed by atoms with Gasteiger partial charge in [0.05, 0.1) is 25.9 Å². The van der Waals surface area contributed by atoms with Gasteiger partial charge in [0.15, 0.2) is 0 Å². The Morgan fingerprint density at radius 2 is 2.35 bits per heavy atom. The third kappa shape index (κ3) is 2.58. The number of hydrogen-bond acceptors (Lipinski definition) is 4. The maximum absolute atomic E-state index is 9.14. The van der Waals surface area contributed by atoms with E-state index in [0.29, 0.717) is 6.04 Å². The first-order valence-electron chi connectivity index (χ1n) is 6.18. The van der Waals surface area contributed by atoms with E-state index in [1.54, 1.807) is 0 Å². The third-order valence-corrected chi connectivity index (χ3v) is 3.34. The number of aromatic nitrogens is 1. The summed E-state index contributed by atoms with van der Waals surface area (Å²) >= 11 is 0. The first-order chi connectivity index (χ1) is 8.26. The molecule has 1 atom stereocenters. The van der Waals surface area contributed by atoms with E-state index >= 15 is 0 Å². The maximum atomic E-state index is 9.14. The number of aliphatic hydroxyl groups excluding tert-OH is 1. The molecule has 1 aliphatic rings. The summed E-state index contributed by atoms with van der Waals surface area (Å²) in [4.78, 5) is 6.88. The molecule has 0 aromatic carbocycles. The summed E-state index contributed by atoms with van der Waals surface area (Å²) < 4.78 is 5.49. The van der Waals surface area contributed by atoms with E-state index in [-0.39, 0.29) is 6.61 Å². The molecule has 1 aromatic rings. The van der Waals surface area contributed by atoms with Crippen molar-refractivity contribution in [1.82, 2.24) is 4.98 Å². The minimum atomic E-state index is 0.0550. The first kappa shape index (κ1) is 12.3. The van der Waals surface area contributed by atoms with Crippen LogP contribution < -0.4 is 4.90 Å². The molecule has 4 nitrogen and oxygen atoms in total. The Morgan fingerprint density at radius 3 is 3.00 bits per heavy atom. The van der Waals surface area contributed by atoms with Crippen molar-refractivity contribution in [3.05, 3.63) is 23.4 Å². The highest BCUT2D eigenvalue weighted by molar-refractivity contribution is 5.43. The van der Waals surface area contributed by atoms with Gasteiger partial charge in [0.25, 0.3) is 0 Å². The number of rotatable bonds is 3. The number of morpholine rings is 1. The molecule has 0 bridgehead atoms. The van der Waals surface area contributed by atoms with Gasteiger partial charge in [-0.3, -0.25) is 0 Å². The molecular formula is C13H20N2O2. The second-order valence-corrected chi connectivity index (χ2v) is 4.40. The average Bonchev–Trinajstić information content (AvgIpc) is 2.38. The number of hydrogen-bond donors (Lipinski definition) is 1. The van der Waals surface area contributed by atoms with Gasteiger partial charge < -0.3 is 14.7 Å². The third-order valence-electron chi connectivity index (χ3n) is 3.34. The molecule has 94 valence electrons. The number of ether oxygens (including phenoxy) is 1. The SMILES string of the molecule is CCC1COCCN1c1ccc(CO)c(C)n1. The van der Waals surface area contributed by atoms with Gasteiger partial charge in [0, 0.05) is 12.2 Å². The number of aryl methyl sites for hydroxylation is 1. The van der Waals surface area contributed by atoms with Crippen LogP contribution in [0.1, 0.15) is 24.6 Å². The zero-order valence-electron chi connectivity index (χ0n) is 10.5.